The first-order valence-electron chi connectivity index (χ1n) is 6.80. The zero-order chi connectivity index (χ0) is 15.7. The Bertz CT molecular complexity index is 796. The number of hydrogen-bond donors (Lipinski definition) is 1. The molecule has 0 aliphatic carbocycles. The van der Waals surface area contributed by atoms with E-state index in [1.165, 1.54) is 23.5 Å². The zero-order valence-corrected chi connectivity index (χ0v) is 13.2. The van der Waals surface area contributed by atoms with E-state index in [1.54, 1.807) is 24.3 Å². The van der Waals surface area contributed by atoms with E-state index in [4.69, 9.17) is 0 Å². The predicted molar refractivity (Wildman–Crippen MR) is 84.2 cm³/mol. The highest BCUT2D eigenvalue weighted by atomic mass is 32.2. The molecule has 1 fully saturated rings. The van der Waals surface area contributed by atoms with E-state index in [2.05, 4.69) is 5.32 Å². The molecule has 2 aromatic rings. The Morgan fingerprint density at radius 2 is 1.91 bits per heavy atom. The monoisotopic (exact) mass is 339 g/mol. The van der Waals surface area contributed by atoms with Crippen LogP contribution in [-0.4, -0.2) is 31.9 Å². The van der Waals surface area contributed by atoms with Gasteiger partial charge in [0.05, 0.1) is 16.4 Å². The fourth-order valence-corrected chi connectivity index (χ4v) is 4.98. The van der Waals surface area contributed by atoms with Crippen LogP contribution in [0, 0.1) is 5.82 Å². The number of sulfone groups is 1. The average molecular weight is 339 g/mol. The van der Waals surface area contributed by atoms with Crippen molar-refractivity contribution in [3.05, 3.63) is 47.1 Å². The lowest BCUT2D eigenvalue weighted by atomic mass is 10.2. The third-order valence-electron chi connectivity index (χ3n) is 3.53. The van der Waals surface area contributed by atoms with Crippen molar-refractivity contribution in [2.75, 3.05) is 11.5 Å². The molecule has 1 aliphatic heterocycles. The molecule has 22 heavy (non-hydrogen) atoms. The molecule has 116 valence electrons. The minimum absolute atomic E-state index is 0.00886. The molecule has 0 radical (unpaired) electrons. The Morgan fingerprint density at radius 3 is 2.55 bits per heavy atom. The summed E-state index contributed by atoms with van der Waals surface area (Å²) in [5.41, 5.74) is 0.842. The van der Waals surface area contributed by atoms with Crippen molar-refractivity contribution in [3.8, 4) is 10.4 Å². The fourth-order valence-electron chi connectivity index (χ4n) is 2.39. The molecule has 0 unspecified atom stereocenters. The standard InChI is InChI=1S/C15H14FNO3S2/c16-11-3-1-10(2-4-11)13-5-6-14(21-13)15(18)17-12-7-8-22(19,20)9-12/h1-6,12H,7-9H2,(H,17,18)/t12-/m0/s1. The van der Waals surface area contributed by atoms with E-state index in [0.717, 1.165) is 10.4 Å². The molecule has 1 amide bonds. The van der Waals surface area contributed by atoms with Crippen LogP contribution in [0.2, 0.25) is 0 Å². The van der Waals surface area contributed by atoms with Gasteiger partial charge >= 0.3 is 0 Å². The maximum Gasteiger partial charge on any atom is 0.261 e. The summed E-state index contributed by atoms with van der Waals surface area (Å²) in [5, 5.41) is 2.76. The maximum atomic E-state index is 12.9. The van der Waals surface area contributed by atoms with Crippen LogP contribution in [0.1, 0.15) is 16.1 Å². The molecule has 4 nitrogen and oxygen atoms in total. The molecule has 0 spiro atoms. The van der Waals surface area contributed by atoms with Gasteiger partial charge in [0.2, 0.25) is 0 Å². The lowest BCUT2D eigenvalue weighted by Crippen LogP contribution is -2.35. The van der Waals surface area contributed by atoms with E-state index in [9.17, 15) is 17.6 Å². The summed E-state index contributed by atoms with van der Waals surface area (Å²) in [6.07, 6.45) is 0.463. The van der Waals surface area contributed by atoms with Gasteiger partial charge in [-0.15, -0.1) is 11.3 Å². The van der Waals surface area contributed by atoms with Crippen LogP contribution in [0.25, 0.3) is 10.4 Å². The van der Waals surface area contributed by atoms with Gasteiger partial charge in [-0.1, -0.05) is 12.1 Å². The topological polar surface area (TPSA) is 63.2 Å². The van der Waals surface area contributed by atoms with Gasteiger partial charge < -0.3 is 5.32 Å². The van der Waals surface area contributed by atoms with Gasteiger partial charge in [-0.25, -0.2) is 12.8 Å². The predicted octanol–water partition coefficient (Wildman–Crippen LogP) is 2.47. The molecule has 1 saturated heterocycles. The largest absolute Gasteiger partial charge is 0.348 e. The molecule has 1 N–H and O–H groups in total. The second kappa shape index (κ2) is 5.81. The summed E-state index contributed by atoms with van der Waals surface area (Å²) in [5.74, 6) is -0.431. The highest BCUT2D eigenvalue weighted by molar-refractivity contribution is 7.91. The third-order valence-corrected chi connectivity index (χ3v) is 6.43. The van der Waals surface area contributed by atoms with Crippen LogP contribution < -0.4 is 5.32 Å². The number of rotatable bonds is 3. The third kappa shape index (κ3) is 3.36. The molecular formula is C15H14FNO3S2. The van der Waals surface area contributed by atoms with Crippen molar-refractivity contribution in [2.45, 2.75) is 12.5 Å². The zero-order valence-electron chi connectivity index (χ0n) is 11.6. The summed E-state index contributed by atoms with van der Waals surface area (Å²) in [7, 11) is -3.01. The van der Waals surface area contributed by atoms with Crippen LogP contribution >= 0.6 is 11.3 Å². The second-order valence-electron chi connectivity index (χ2n) is 5.24. The SMILES string of the molecule is O=C(N[C@H]1CCS(=O)(=O)C1)c1ccc(-c2ccc(F)cc2)s1. The number of benzene rings is 1. The lowest BCUT2D eigenvalue weighted by Gasteiger charge is -2.09. The number of carbonyl (C=O) groups is 1. The maximum absolute atomic E-state index is 12.9. The first-order chi connectivity index (χ1) is 10.4. The van der Waals surface area contributed by atoms with Crippen LogP contribution in [0.5, 0.6) is 0 Å². The molecule has 0 bridgehead atoms. The van der Waals surface area contributed by atoms with Crippen LogP contribution in [-0.2, 0) is 9.84 Å². The Morgan fingerprint density at radius 1 is 1.18 bits per heavy atom. The number of amides is 1. The van der Waals surface area contributed by atoms with E-state index in [0.29, 0.717) is 11.3 Å². The normalized spacial score (nSPS) is 20.0. The summed E-state index contributed by atoms with van der Waals surface area (Å²) in [6.45, 7) is 0. The van der Waals surface area contributed by atoms with Crippen molar-refractivity contribution in [1.82, 2.24) is 5.32 Å². The van der Waals surface area contributed by atoms with Gasteiger partial charge in [0.1, 0.15) is 5.82 Å². The van der Waals surface area contributed by atoms with Crippen molar-refractivity contribution in [3.63, 3.8) is 0 Å². The molecule has 1 aromatic carbocycles. The number of nitrogens with one attached hydrogen (secondary N) is 1. The second-order valence-corrected chi connectivity index (χ2v) is 8.56. The van der Waals surface area contributed by atoms with E-state index in [1.807, 2.05) is 0 Å². The first kappa shape index (κ1) is 15.2. The van der Waals surface area contributed by atoms with Crippen LogP contribution in [0.3, 0.4) is 0 Å². The summed E-state index contributed by atoms with van der Waals surface area (Å²) < 4.78 is 35.7. The summed E-state index contributed by atoms with van der Waals surface area (Å²) >= 11 is 1.30. The minimum atomic E-state index is -3.01. The van der Waals surface area contributed by atoms with Crippen LogP contribution in [0.4, 0.5) is 4.39 Å². The number of hydrogen-bond acceptors (Lipinski definition) is 4. The number of halogens is 1. The molecular weight excluding hydrogens is 325 g/mol. The lowest BCUT2D eigenvalue weighted by molar-refractivity contribution is 0.0945. The first-order valence-corrected chi connectivity index (χ1v) is 9.44. The Kier molecular flexibility index (Phi) is 4.01. The molecule has 3 rings (SSSR count). The molecule has 0 saturated carbocycles. The Labute approximate surface area is 131 Å². The van der Waals surface area contributed by atoms with Gasteiger partial charge in [0, 0.05) is 10.9 Å². The number of thiophene rings is 1. The quantitative estimate of drug-likeness (QED) is 0.934. The average Bonchev–Trinajstić information content (AvgIpc) is 3.06. The van der Waals surface area contributed by atoms with Crippen molar-refractivity contribution < 1.29 is 17.6 Å². The Balaban J connectivity index is 1.71. The van der Waals surface area contributed by atoms with Gasteiger partial charge in [-0.05, 0) is 36.2 Å². The van der Waals surface area contributed by atoms with E-state index >= 15 is 0 Å². The van der Waals surface area contributed by atoms with Crippen molar-refractivity contribution >= 4 is 27.1 Å². The van der Waals surface area contributed by atoms with Crippen LogP contribution in [0.15, 0.2) is 36.4 Å². The molecule has 1 aliphatic rings. The van der Waals surface area contributed by atoms with E-state index < -0.39 is 9.84 Å². The summed E-state index contributed by atoms with van der Waals surface area (Å²) in [4.78, 5) is 13.5. The molecule has 1 atom stereocenters. The van der Waals surface area contributed by atoms with Gasteiger partial charge in [0.25, 0.3) is 5.91 Å². The number of carbonyl (C=O) groups excluding carboxylic acids is 1. The highest BCUT2D eigenvalue weighted by Gasteiger charge is 2.29. The van der Waals surface area contributed by atoms with Crippen molar-refractivity contribution in [2.24, 2.45) is 0 Å². The van der Waals surface area contributed by atoms with Gasteiger partial charge in [-0.3, -0.25) is 4.79 Å². The van der Waals surface area contributed by atoms with Gasteiger partial charge in [0.15, 0.2) is 9.84 Å². The molecule has 1 aromatic heterocycles. The minimum Gasteiger partial charge on any atom is -0.348 e. The smallest absolute Gasteiger partial charge is 0.261 e. The van der Waals surface area contributed by atoms with E-state index in [-0.39, 0.29) is 29.3 Å². The van der Waals surface area contributed by atoms with Crippen molar-refractivity contribution in [1.29, 1.82) is 0 Å². The fraction of sp³-hybridized carbons (Fsp3) is 0.267. The van der Waals surface area contributed by atoms with Gasteiger partial charge in [-0.2, -0.15) is 0 Å². The summed E-state index contributed by atoms with van der Waals surface area (Å²) in [6, 6.07) is 9.25. The molecule has 7 heteroatoms. The highest BCUT2D eigenvalue weighted by Crippen LogP contribution is 2.28. The Hall–Kier alpha value is -1.73. The molecule has 2 heterocycles.